The Hall–Kier alpha value is -3.21. The van der Waals surface area contributed by atoms with Crippen molar-refractivity contribution in [2.24, 2.45) is 0 Å². The van der Waals surface area contributed by atoms with Gasteiger partial charge in [0.25, 0.3) is 5.88 Å². The standard InChI is InChI=1S/C17H16FN5O2/c18-12-3-5-13(6-4-12)22-17(24)23-9-1-2-14(11-23)25-16-15(10-19)20-7-8-21-16/h3-8,14H,1-2,9,11H2,(H,22,24). The molecule has 25 heavy (non-hydrogen) atoms. The fourth-order valence-electron chi connectivity index (χ4n) is 2.60. The molecule has 1 saturated heterocycles. The van der Waals surface area contributed by atoms with E-state index in [9.17, 15) is 9.18 Å². The maximum Gasteiger partial charge on any atom is 0.321 e. The first-order valence-corrected chi connectivity index (χ1v) is 7.85. The number of aromatic nitrogens is 2. The summed E-state index contributed by atoms with van der Waals surface area (Å²) >= 11 is 0. The number of ether oxygens (including phenoxy) is 1. The van der Waals surface area contributed by atoms with Crippen LogP contribution in [0, 0.1) is 17.1 Å². The zero-order valence-corrected chi connectivity index (χ0v) is 13.4. The maximum absolute atomic E-state index is 12.9. The lowest BCUT2D eigenvalue weighted by Gasteiger charge is -2.32. The van der Waals surface area contributed by atoms with Gasteiger partial charge in [0, 0.05) is 24.6 Å². The molecule has 3 rings (SSSR count). The molecular formula is C17H16FN5O2. The van der Waals surface area contributed by atoms with Gasteiger partial charge in [-0.25, -0.2) is 19.2 Å². The molecule has 1 aliphatic heterocycles. The number of nitrogens with one attached hydrogen (secondary N) is 1. The topological polar surface area (TPSA) is 91.1 Å². The van der Waals surface area contributed by atoms with Crippen LogP contribution in [0.1, 0.15) is 18.5 Å². The molecular weight excluding hydrogens is 325 g/mol. The minimum Gasteiger partial charge on any atom is -0.470 e. The van der Waals surface area contributed by atoms with Crippen LogP contribution in [0.25, 0.3) is 0 Å². The minimum atomic E-state index is -0.360. The normalized spacial score (nSPS) is 16.8. The van der Waals surface area contributed by atoms with Crippen LogP contribution in [0.3, 0.4) is 0 Å². The van der Waals surface area contributed by atoms with Gasteiger partial charge < -0.3 is 15.0 Å². The van der Waals surface area contributed by atoms with E-state index in [2.05, 4.69) is 15.3 Å². The molecule has 1 aliphatic rings. The number of carbonyl (C=O) groups is 1. The third kappa shape index (κ3) is 4.20. The van der Waals surface area contributed by atoms with E-state index in [-0.39, 0.29) is 29.5 Å². The average Bonchev–Trinajstić information content (AvgIpc) is 2.64. The highest BCUT2D eigenvalue weighted by atomic mass is 19.1. The van der Waals surface area contributed by atoms with E-state index < -0.39 is 0 Å². The molecule has 0 bridgehead atoms. The van der Waals surface area contributed by atoms with Gasteiger partial charge in [0.15, 0.2) is 0 Å². The molecule has 1 fully saturated rings. The summed E-state index contributed by atoms with van der Waals surface area (Å²) < 4.78 is 18.7. The predicted octanol–water partition coefficient (Wildman–Crippen LogP) is 2.56. The molecule has 1 unspecified atom stereocenters. The second-order valence-corrected chi connectivity index (χ2v) is 5.59. The predicted molar refractivity (Wildman–Crippen MR) is 87.4 cm³/mol. The van der Waals surface area contributed by atoms with E-state index >= 15 is 0 Å². The number of likely N-dealkylation sites (tertiary alicyclic amines) is 1. The molecule has 0 spiro atoms. The van der Waals surface area contributed by atoms with Crippen LogP contribution in [-0.4, -0.2) is 40.1 Å². The molecule has 1 aromatic heterocycles. The van der Waals surface area contributed by atoms with Crippen molar-refractivity contribution in [3.05, 3.63) is 48.2 Å². The first kappa shape index (κ1) is 16.6. The molecule has 0 radical (unpaired) electrons. The van der Waals surface area contributed by atoms with Gasteiger partial charge in [0.1, 0.15) is 18.0 Å². The smallest absolute Gasteiger partial charge is 0.321 e. The number of halogens is 1. The van der Waals surface area contributed by atoms with Crippen molar-refractivity contribution in [2.75, 3.05) is 18.4 Å². The van der Waals surface area contributed by atoms with Gasteiger partial charge in [-0.2, -0.15) is 5.26 Å². The highest BCUT2D eigenvalue weighted by Crippen LogP contribution is 2.19. The molecule has 2 aromatic rings. The number of hydrogen-bond donors (Lipinski definition) is 1. The molecule has 1 aromatic carbocycles. The van der Waals surface area contributed by atoms with E-state index in [0.717, 1.165) is 12.8 Å². The number of carbonyl (C=O) groups excluding carboxylic acids is 1. The van der Waals surface area contributed by atoms with Crippen molar-refractivity contribution in [2.45, 2.75) is 18.9 Å². The summed E-state index contributed by atoms with van der Waals surface area (Å²) in [5.41, 5.74) is 0.644. The first-order chi connectivity index (χ1) is 12.2. The molecule has 2 amide bonds. The third-order valence-corrected chi connectivity index (χ3v) is 3.81. The Morgan fingerprint density at radius 1 is 1.32 bits per heavy atom. The number of urea groups is 1. The lowest BCUT2D eigenvalue weighted by atomic mass is 10.1. The van der Waals surface area contributed by atoms with Crippen molar-refractivity contribution in [3.8, 4) is 11.9 Å². The van der Waals surface area contributed by atoms with Crippen LogP contribution in [0.4, 0.5) is 14.9 Å². The maximum atomic E-state index is 12.9. The summed E-state index contributed by atoms with van der Waals surface area (Å²) in [4.78, 5) is 21.9. The van der Waals surface area contributed by atoms with Crippen molar-refractivity contribution < 1.29 is 13.9 Å². The minimum absolute atomic E-state index is 0.121. The Labute approximate surface area is 144 Å². The number of amides is 2. The van der Waals surface area contributed by atoms with Gasteiger partial charge in [-0.05, 0) is 37.1 Å². The molecule has 1 atom stereocenters. The van der Waals surface area contributed by atoms with Crippen LogP contribution in [-0.2, 0) is 0 Å². The van der Waals surface area contributed by atoms with Crippen LogP contribution in [0.15, 0.2) is 36.7 Å². The number of nitrogens with zero attached hydrogens (tertiary/aromatic N) is 4. The number of nitriles is 1. The van der Waals surface area contributed by atoms with E-state index in [1.165, 1.54) is 36.7 Å². The Morgan fingerprint density at radius 2 is 2.08 bits per heavy atom. The molecule has 2 heterocycles. The zero-order valence-electron chi connectivity index (χ0n) is 13.4. The first-order valence-electron chi connectivity index (χ1n) is 7.85. The molecule has 7 nitrogen and oxygen atoms in total. The summed E-state index contributed by atoms with van der Waals surface area (Å²) in [5, 5.41) is 11.8. The number of rotatable bonds is 3. The summed E-state index contributed by atoms with van der Waals surface area (Å²) in [6.07, 6.45) is 4.13. The second kappa shape index (κ2) is 7.57. The van der Waals surface area contributed by atoms with Crippen LogP contribution in [0.5, 0.6) is 5.88 Å². The van der Waals surface area contributed by atoms with Crippen LogP contribution < -0.4 is 10.1 Å². The number of anilines is 1. The summed E-state index contributed by atoms with van der Waals surface area (Å²) in [6.45, 7) is 0.965. The van der Waals surface area contributed by atoms with E-state index in [1.54, 1.807) is 4.90 Å². The lowest BCUT2D eigenvalue weighted by Crippen LogP contribution is -2.46. The Kier molecular flexibility index (Phi) is 5.04. The fraction of sp³-hybridized carbons (Fsp3) is 0.294. The summed E-state index contributed by atoms with van der Waals surface area (Å²) in [7, 11) is 0. The number of hydrogen-bond acceptors (Lipinski definition) is 5. The Balaban J connectivity index is 1.61. The molecule has 128 valence electrons. The van der Waals surface area contributed by atoms with E-state index in [0.29, 0.717) is 18.8 Å². The largest absolute Gasteiger partial charge is 0.470 e. The lowest BCUT2D eigenvalue weighted by molar-refractivity contribution is 0.102. The van der Waals surface area contributed by atoms with Crippen molar-refractivity contribution in [1.29, 1.82) is 5.26 Å². The van der Waals surface area contributed by atoms with Crippen molar-refractivity contribution in [1.82, 2.24) is 14.9 Å². The molecule has 1 N–H and O–H groups in total. The monoisotopic (exact) mass is 341 g/mol. The number of piperidine rings is 1. The van der Waals surface area contributed by atoms with Gasteiger partial charge in [-0.15, -0.1) is 0 Å². The highest BCUT2D eigenvalue weighted by Gasteiger charge is 2.26. The van der Waals surface area contributed by atoms with E-state index in [1.807, 2.05) is 6.07 Å². The number of benzene rings is 1. The Morgan fingerprint density at radius 3 is 2.84 bits per heavy atom. The highest BCUT2D eigenvalue weighted by molar-refractivity contribution is 5.89. The second-order valence-electron chi connectivity index (χ2n) is 5.59. The van der Waals surface area contributed by atoms with Gasteiger partial charge >= 0.3 is 6.03 Å². The fourth-order valence-corrected chi connectivity index (χ4v) is 2.60. The van der Waals surface area contributed by atoms with Crippen molar-refractivity contribution in [3.63, 3.8) is 0 Å². The summed E-state index contributed by atoms with van der Waals surface area (Å²) in [6, 6.07) is 7.24. The van der Waals surface area contributed by atoms with Crippen LogP contribution >= 0.6 is 0 Å². The Bertz CT molecular complexity index is 790. The third-order valence-electron chi connectivity index (χ3n) is 3.81. The van der Waals surface area contributed by atoms with Gasteiger partial charge in [0.05, 0.1) is 6.54 Å². The SMILES string of the molecule is N#Cc1nccnc1OC1CCCN(C(=O)Nc2ccc(F)cc2)C1. The van der Waals surface area contributed by atoms with Gasteiger partial charge in [0.2, 0.25) is 5.69 Å². The molecule has 8 heteroatoms. The van der Waals surface area contributed by atoms with Gasteiger partial charge in [-0.3, -0.25) is 0 Å². The quantitative estimate of drug-likeness (QED) is 0.926. The zero-order chi connectivity index (χ0) is 17.6. The van der Waals surface area contributed by atoms with Crippen molar-refractivity contribution >= 4 is 11.7 Å². The van der Waals surface area contributed by atoms with E-state index in [4.69, 9.17) is 10.00 Å². The summed E-state index contributed by atoms with van der Waals surface area (Å²) in [5.74, 6) is -0.183. The molecule has 0 aliphatic carbocycles. The van der Waals surface area contributed by atoms with Crippen LogP contribution in [0.2, 0.25) is 0 Å². The molecule has 0 saturated carbocycles. The average molecular weight is 341 g/mol. The van der Waals surface area contributed by atoms with Gasteiger partial charge in [-0.1, -0.05) is 0 Å².